The van der Waals surface area contributed by atoms with Crippen molar-refractivity contribution in [2.24, 2.45) is 5.41 Å². The van der Waals surface area contributed by atoms with Crippen molar-refractivity contribution < 1.29 is 23.0 Å². The fourth-order valence-corrected chi connectivity index (χ4v) is 7.19. The lowest BCUT2D eigenvalue weighted by Gasteiger charge is -2.31. The third kappa shape index (κ3) is 4.77. The number of pyridine rings is 1. The van der Waals surface area contributed by atoms with Crippen LogP contribution in [0.3, 0.4) is 0 Å². The van der Waals surface area contributed by atoms with Crippen molar-refractivity contribution in [1.29, 1.82) is 5.26 Å². The van der Waals surface area contributed by atoms with E-state index in [9.17, 15) is 14.4 Å². The summed E-state index contributed by atoms with van der Waals surface area (Å²) in [6, 6.07) is 5.46. The topological polar surface area (TPSA) is 90.7 Å². The first kappa shape index (κ1) is 27.5. The van der Waals surface area contributed by atoms with Crippen molar-refractivity contribution in [3.8, 4) is 11.9 Å². The standard InChI is InChI=1S/C29H34BrF2N5O3/c1-27(2,3)40-26(38)34-21-14-36(15-28(21)8-9-28)24-18-5-6-20(30)22(32)23(18)35-25(19(24)12-33)39-16-29-7-4-10-37(29)13-17(31)11-29/h5-6,17,21H,4,7-11,13-16H2,1-3H3,(H,34,38)/t17-,21+,29+/m1/s1. The Kier molecular flexibility index (Phi) is 6.65. The molecule has 214 valence electrons. The number of nitriles is 1. The largest absolute Gasteiger partial charge is 0.475 e. The van der Waals surface area contributed by atoms with E-state index < -0.39 is 29.2 Å². The Morgan fingerprint density at radius 3 is 2.77 bits per heavy atom. The van der Waals surface area contributed by atoms with Gasteiger partial charge in [-0.1, -0.05) is 0 Å². The minimum absolute atomic E-state index is 0.0546. The predicted molar refractivity (Wildman–Crippen MR) is 150 cm³/mol. The highest BCUT2D eigenvalue weighted by Gasteiger charge is 2.56. The lowest BCUT2D eigenvalue weighted by molar-refractivity contribution is 0.0493. The van der Waals surface area contributed by atoms with Crippen LogP contribution in [0.25, 0.3) is 10.9 Å². The molecule has 40 heavy (non-hydrogen) atoms. The summed E-state index contributed by atoms with van der Waals surface area (Å²) in [6.07, 6.45) is 2.61. The Balaban J connectivity index is 1.36. The Morgan fingerprint density at radius 2 is 2.08 bits per heavy atom. The highest BCUT2D eigenvalue weighted by molar-refractivity contribution is 9.10. The molecule has 3 atom stereocenters. The second-order valence-corrected chi connectivity index (χ2v) is 13.7. The molecule has 4 aliphatic rings. The monoisotopic (exact) mass is 617 g/mol. The number of benzene rings is 1. The average Bonchev–Trinajstić information content (AvgIpc) is 3.28. The van der Waals surface area contributed by atoms with Gasteiger partial charge in [0.25, 0.3) is 0 Å². The number of aromatic nitrogens is 1. The zero-order chi connectivity index (χ0) is 28.4. The van der Waals surface area contributed by atoms with Crippen LogP contribution in [-0.4, -0.2) is 72.1 Å². The highest BCUT2D eigenvalue weighted by Crippen LogP contribution is 2.55. The van der Waals surface area contributed by atoms with Gasteiger partial charge in [-0.25, -0.2) is 18.6 Å². The minimum Gasteiger partial charge on any atom is -0.475 e. The Bertz CT molecular complexity index is 1410. The fraction of sp³-hybridized carbons (Fsp3) is 0.621. The number of carbonyl (C=O) groups excluding carboxylic acids is 1. The summed E-state index contributed by atoms with van der Waals surface area (Å²) in [5, 5.41) is 13.9. The molecule has 0 radical (unpaired) electrons. The van der Waals surface area contributed by atoms with E-state index in [0.717, 1.165) is 32.2 Å². The van der Waals surface area contributed by atoms with E-state index in [2.05, 4.69) is 37.2 Å². The molecule has 0 bridgehead atoms. The molecule has 1 aliphatic carbocycles. The van der Waals surface area contributed by atoms with Crippen molar-refractivity contribution in [2.75, 3.05) is 37.7 Å². The quantitative estimate of drug-likeness (QED) is 0.476. The number of rotatable bonds is 5. The van der Waals surface area contributed by atoms with E-state index in [4.69, 9.17) is 9.47 Å². The van der Waals surface area contributed by atoms with E-state index in [0.29, 0.717) is 37.1 Å². The Morgan fingerprint density at radius 1 is 1.30 bits per heavy atom. The van der Waals surface area contributed by atoms with Gasteiger partial charge in [-0.3, -0.25) is 4.90 Å². The first-order valence-corrected chi connectivity index (χ1v) is 14.7. The number of hydrogen-bond donors (Lipinski definition) is 1. The normalized spacial score (nSPS) is 27.2. The van der Waals surface area contributed by atoms with Gasteiger partial charge in [0.2, 0.25) is 5.88 Å². The van der Waals surface area contributed by atoms with E-state index in [-0.39, 0.29) is 39.5 Å². The molecule has 3 aliphatic heterocycles. The van der Waals surface area contributed by atoms with Gasteiger partial charge >= 0.3 is 6.09 Å². The molecule has 8 nitrogen and oxygen atoms in total. The molecule has 1 aromatic heterocycles. The third-order valence-corrected chi connectivity index (χ3v) is 9.50. The SMILES string of the molecule is CC(C)(C)OC(=O)N[C@H]1CN(c2c(C#N)c(OC[C@@]34CCCN3C[C@H](F)C4)nc3c(F)c(Br)ccc23)CC12CC2. The summed E-state index contributed by atoms with van der Waals surface area (Å²) >= 11 is 3.26. The summed E-state index contributed by atoms with van der Waals surface area (Å²) in [4.78, 5) is 21.3. The van der Waals surface area contributed by atoms with E-state index in [1.54, 1.807) is 12.1 Å². The predicted octanol–water partition coefficient (Wildman–Crippen LogP) is 5.46. The molecule has 11 heteroatoms. The van der Waals surface area contributed by atoms with E-state index >= 15 is 4.39 Å². The number of ether oxygens (including phenoxy) is 2. The molecule has 4 heterocycles. The van der Waals surface area contributed by atoms with Crippen LogP contribution in [0.5, 0.6) is 5.88 Å². The van der Waals surface area contributed by atoms with Crippen LogP contribution in [0.4, 0.5) is 19.3 Å². The minimum atomic E-state index is -0.915. The smallest absolute Gasteiger partial charge is 0.407 e. The molecule has 1 N–H and O–H groups in total. The van der Waals surface area contributed by atoms with Gasteiger partial charge in [0, 0.05) is 36.9 Å². The number of fused-ring (bicyclic) bond motifs is 2. The molecule has 2 aromatic rings. The number of alkyl halides is 1. The van der Waals surface area contributed by atoms with Crippen LogP contribution < -0.4 is 15.0 Å². The van der Waals surface area contributed by atoms with Crippen LogP contribution in [0.1, 0.15) is 58.4 Å². The van der Waals surface area contributed by atoms with Gasteiger partial charge in [0.05, 0.1) is 21.7 Å². The van der Waals surface area contributed by atoms with Crippen molar-refractivity contribution >= 4 is 38.6 Å². The van der Waals surface area contributed by atoms with Crippen LogP contribution in [-0.2, 0) is 4.74 Å². The first-order valence-electron chi connectivity index (χ1n) is 13.9. The molecule has 0 unspecified atom stereocenters. The number of halogens is 3. The van der Waals surface area contributed by atoms with Gasteiger partial charge in [0.1, 0.15) is 35.5 Å². The molecule has 1 saturated carbocycles. The number of nitrogens with one attached hydrogen (secondary N) is 1. The summed E-state index contributed by atoms with van der Waals surface area (Å²) in [6.45, 7) is 7.87. The van der Waals surface area contributed by atoms with Gasteiger partial charge in [0.15, 0.2) is 5.82 Å². The maximum Gasteiger partial charge on any atom is 0.407 e. The molecule has 1 spiro atoms. The third-order valence-electron chi connectivity index (χ3n) is 8.89. The van der Waals surface area contributed by atoms with Crippen LogP contribution in [0.15, 0.2) is 16.6 Å². The number of nitrogens with zero attached hydrogens (tertiary/aromatic N) is 4. The van der Waals surface area contributed by atoms with Crippen LogP contribution >= 0.6 is 15.9 Å². The number of alkyl carbamates (subject to hydrolysis) is 1. The molecule has 1 aromatic carbocycles. The van der Waals surface area contributed by atoms with Crippen molar-refractivity contribution in [3.05, 3.63) is 28.0 Å². The molecule has 1 amide bonds. The molecule has 6 rings (SSSR count). The summed E-state index contributed by atoms with van der Waals surface area (Å²) in [5.41, 5.74) is -0.337. The van der Waals surface area contributed by atoms with Crippen molar-refractivity contribution in [1.82, 2.24) is 15.2 Å². The van der Waals surface area contributed by atoms with E-state index in [1.165, 1.54) is 0 Å². The first-order chi connectivity index (χ1) is 18.9. The lowest BCUT2D eigenvalue weighted by atomic mass is 9.95. The number of amides is 1. The summed E-state index contributed by atoms with van der Waals surface area (Å²) in [7, 11) is 0. The lowest BCUT2D eigenvalue weighted by Crippen LogP contribution is -2.44. The zero-order valence-corrected chi connectivity index (χ0v) is 24.6. The number of anilines is 1. The number of carbonyl (C=O) groups is 1. The summed E-state index contributed by atoms with van der Waals surface area (Å²) < 4.78 is 41.8. The van der Waals surface area contributed by atoms with Crippen molar-refractivity contribution in [3.63, 3.8) is 0 Å². The van der Waals surface area contributed by atoms with Crippen LogP contribution in [0, 0.1) is 22.6 Å². The molecule has 3 saturated heterocycles. The van der Waals surface area contributed by atoms with Gasteiger partial charge in [-0.05, 0) is 81.1 Å². The summed E-state index contributed by atoms with van der Waals surface area (Å²) in [5.74, 6) is -0.485. The van der Waals surface area contributed by atoms with Gasteiger partial charge in [-0.2, -0.15) is 5.26 Å². The van der Waals surface area contributed by atoms with Gasteiger partial charge < -0.3 is 19.7 Å². The van der Waals surface area contributed by atoms with Crippen molar-refractivity contribution in [2.45, 2.75) is 76.2 Å². The van der Waals surface area contributed by atoms with E-state index in [1.807, 2.05) is 25.7 Å². The molecular weight excluding hydrogens is 584 g/mol. The second-order valence-electron chi connectivity index (χ2n) is 12.8. The highest BCUT2D eigenvalue weighted by atomic mass is 79.9. The fourth-order valence-electron chi connectivity index (χ4n) is 6.87. The van der Waals surface area contributed by atoms with Gasteiger partial charge in [-0.15, -0.1) is 0 Å². The second kappa shape index (κ2) is 9.69. The Labute approximate surface area is 241 Å². The maximum atomic E-state index is 15.5. The zero-order valence-electron chi connectivity index (χ0n) is 23.0. The molecule has 4 fully saturated rings. The Hall–Kier alpha value is -2.71. The maximum absolute atomic E-state index is 15.5. The average molecular weight is 619 g/mol. The number of hydrogen-bond acceptors (Lipinski definition) is 7. The molecular formula is C29H34BrF2N5O3. The van der Waals surface area contributed by atoms with Crippen LogP contribution in [0.2, 0.25) is 0 Å².